The lowest BCUT2D eigenvalue weighted by Gasteiger charge is -2.28. The summed E-state index contributed by atoms with van der Waals surface area (Å²) < 4.78 is 2.14. The van der Waals surface area contributed by atoms with Crippen LogP contribution in [0.2, 0.25) is 0 Å². The Bertz CT molecular complexity index is 2380. The van der Waals surface area contributed by atoms with Gasteiger partial charge in [0.2, 0.25) is 0 Å². The van der Waals surface area contributed by atoms with Gasteiger partial charge in [0.1, 0.15) is 5.82 Å². The number of para-hydroxylation sites is 1. The molecule has 8 rings (SSSR count). The van der Waals surface area contributed by atoms with Crippen LogP contribution >= 0.6 is 0 Å². The van der Waals surface area contributed by atoms with E-state index >= 15 is 0 Å². The van der Waals surface area contributed by atoms with Crippen molar-refractivity contribution in [2.75, 3.05) is 5.73 Å². The summed E-state index contributed by atoms with van der Waals surface area (Å²) in [7, 11) is 0. The molecule has 0 aliphatic heterocycles. The summed E-state index contributed by atoms with van der Waals surface area (Å²) in [6, 6.07) is 36.9. The molecule has 5 aromatic carbocycles. The van der Waals surface area contributed by atoms with Crippen LogP contribution in [0.1, 0.15) is 58.7 Å². The molecule has 0 unspecified atom stereocenters. The molecular formula is C48H43N3. The molecule has 4 N–H and O–H groups in total. The fraction of sp³-hybridized carbons (Fsp3) is 0.125. The molecule has 0 spiro atoms. The molecule has 0 amide bonds. The van der Waals surface area contributed by atoms with Crippen molar-refractivity contribution in [3.63, 3.8) is 0 Å². The van der Waals surface area contributed by atoms with Crippen molar-refractivity contribution in [2.24, 2.45) is 5.73 Å². The third-order valence-corrected chi connectivity index (χ3v) is 10.3. The summed E-state index contributed by atoms with van der Waals surface area (Å²) in [4.78, 5) is 0. The Kier molecular flexibility index (Phi) is 8.86. The Balaban J connectivity index is 1.09. The quantitative estimate of drug-likeness (QED) is 0.160. The zero-order chi connectivity index (χ0) is 34.7. The predicted molar refractivity (Wildman–Crippen MR) is 219 cm³/mol. The Morgan fingerprint density at radius 3 is 2.00 bits per heavy atom. The molecule has 3 heteroatoms. The van der Waals surface area contributed by atoms with Gasteiger partial charge in [-0.3, -0.25) is 4.57 Å². The highest BCUT2D eigenvalue weighted by molar-refractivity contribution is 5.97. The number of nitrogens with zero attached hydrogens (tertiary/aromatic N) is 1. The summed E-state index contributed by atoms with van der Waals surface area (Å²) in [5, 5.41) is 1.15. The number of hydrogen-bond acceptors (Lipinski definition) is 2. The van der Waals surface area contributed by atoms with Crippen LogP contribution in [0.4, 0.5) is 5.82 Å². The molecule has 0 saturated heterocycles. The van der Waals surface area contributed by atoms with Crippen molar-refractivity contribution in [1.82, 2.24) is 4.57 Å². The van der Waals surface area contributed by atoms with Gasteiger partial charge in [0.25, 0.3) is 0 Å². The Labute approximate surface area is 301 Å². The van der Waals surface area contributed by atoms with Crippen LogP contribution < -0.4 is 11.5 Å². The lowest BCUT2D eigenvalue weighted by atomic mass is 9.76. The average molecular weight is 662 g/mol. The molecule has 0 radical (unpaired) electrons. The number of allylic oxidation sites excluding steroid dienone is 6. The maximum Gasteiger partial charge on any atom is 0.116 e. The van der Waals surface area contributed by atoms with Crippen molar-refractivity contribution in [1.29, 1.82) is 0 Å². The van der Waals surface area contributed by atoms with E-state index in [-0.39, 0.29) is 0 Å². The molecule has 2 aliphatic rings. The van der Waals surface area contributed by atoms with Gasteiger partial charge in [-0.05, 0) is 125 Å². The van der Waals surface area contributed by atoms with E-state index in [4.69, 9.17) is 11.5 Å². The van der Waals surface area contributed by atoms with Crippen molar-refractivity contribution in [2.45, 2.75) is 39.0 Å². The molecular weight excluding hydrogens is 619 g/mol. The highest BCUT2D eigenvalue weighted by Gasteiger charge is 2.25. The second kappa shape index (κ2) is 14.0. The zero-order valence-electron chi connectivity index (χ0n) is 29.1. The highest BCUT2D eigenvalue weighted by atomic mass is 15.1. The maximum absolute atomic E-state index is 6.72. The fourth-order valence-electron chi connectivity index (χ4n) is 8.01. The summed E-state index contributed by atoms with van der Waals surface area (Å²) in [6.07, 6.45) is 24.6. The first-order valence-electron chi connectivity index (χ1n) is 18.1. The second-order valence-electron chi connectivity index (χ2n) is 13.4. The highest BCUT2D eigenvalue weighted by Crippen LogP contribution is 2.45. The van der Waals surface area contributed by atoms with Crippen molar-refractivity contribution < 1.29 is 0 Å². The lowest BCUT2D eigenvalue weighted by Crippen LogP contribution is -2.09. The molecule has 1 heterocycles. The predicted octanol–water partition coefficient (Wildman–Crippen LogP) is 11.6. The van der Waals surface area contributed by atoms with E-state index in [1.165, 1.54) is 50.1 Å². The Hall–Kier alpha value is -6.06. The molecule has 2 aliphatic carbocycles. The molecule has 6 aromatic rings. The van der Waals surface area contributed by atoms with E-state index in [0.717, 1.165) is 71.2 Å². The molecule has 0 saturated carbocycles. The first-order chi connectivity index (χ1) is 25.2. The SMILES string of the molecule is C/C=C\c1c(N)n(-c2ccccc2)c2ccc(C/C=C\C(=C/N)c3ccc(-c4c5c(c(-c6ccccc6)c6c4CCC=C6)CCC=C5)cc3)cc12. The first-order valence-corrected chi connectivity index (χ1v) is 18.1. The van der Waals surface area contributed by atoms with E-state index < -0.39 is 0 Å². The minimum absolute atomic E-state index is 0.749. The van der Waals surface area contributed by atoms with Gasteiger partial charge >= 0.3 is 0 Å². The van der Waals surface area contributed by atoms with Crippen LogP contribution in [0.25, 0.3) is 62.6 Å². The minimum atomic E-state index is 0.749. The van der Waals surface area contributed by atoms with Crippen LogP contribution in [0.15, 0.2) is 140 Å². The number of nitrogens with two attached hydrogens (primary N) is 2. The van der Waals surface area contributed by atoms with Gasteiger partial charge in [0.15, 0.2) is 0 Å². The molecule has 0 bridgehead atoms. The van der Waals surface area contributed by atoms with E-state index in [2.05, 4.69) is 132 Å². The maximum atomic E-state index is 6.72. The van der Waals surface area contributed by atoms with Crippen LogP contribution in [-0.2, 0) is 19.3 Å². The molecule has 250 valence electrons. The van der Waals surface area contributed by atoms with Gasteiger partial charge in [0, 0.05) is 22.8 Å². The van der Waals surface area contributed by atoms with E-state index in [1.54, 1.807) is 6.20 Å². The number of fused-ring (bicyclic) bond motifs is 3. The number of nitrogen functional groups attached to an aromatic ring is 1. The first kappa shape index (κ1) is 32.2. The zero-order valence-corrected chi connectivity index (χ0v) is 29.1. The van der Waals surface area contributed by atoms with Gasteiger partial charge in [-0.25, -0.2) is 0 Å². The summed E-state index contributed by atoms with van der Waals surface area (Å²) >= 11 is 0. The molecule has 51 heavy (non-hydrogen) atoms. The van der Waals surface area contributed by atoms with Crippen LogP contribution in [0.3, 0.4) is 0 Å². The summed E-state index contributed by atoms with van der Waals surface area (Å²) in [6.45, 7) is 2.03. The van der Waals surface area contributed by atoms with Crippen LogP contribution in [0, 0.1) is 0 Å². The number of hydrogen-bond donors (Lipinski definition) is 2. The van der Waals surface area contributed by atoms with Gasteiger partial charge in [0.05, 0.1) is 5.52 Å². The van der Waals surface area contributed by atoms with E-state index in [9.17, 15) is 0 Å². The molecule has 3 nitrogen and oxygen atoms in total. The average Bonchev–Trinajstić information content (AvgIpc) is 3.46. The summed E-state index contributed by atoms with van der Waals surface area (Å²) in [5.74, 6) is 0.749. The Morgan fingerprint density at radius 2 is 1.37 bits per heavy atom. The molecule has 1 aromatic heterocycles. The molecule has 0 fully saturated rings. The van der Waals surface area contributed by atoms with Gasteiger partial charge < -0.3 is 11.5 Å². The Morgan fingerprint density at radius 1 is 0.745 bits per heavy atom. The summed E-state index contributed by atoms with van der Waals surface area (Å²) in [5.41, 5.74) is 30.6. The number of rotatable bonds is 8. The second-order valence-corrected chi connectivity index (χ2v) is 13.4. The number of anilines is 1. The lowest BCUT2D eigenvalue weighted by molar-refractivity contribution is 0.958. The normalized spacial score (nSPS) is 14.1. The smallest absolute Gasteiger partial charge is 0.116 e. The van der Waals surface area contributed by atoms with Gasteiger partial charge in [-0.2, -0.15) is 0 Å². The topological polar surface area (TPSA) is 57.0 Å². The fourth-order valence-corrected chi connectivity index (χ4v) is 8.01. The number of benzene rings is 5. The van der Waals surface area contributed by atoms with E-state index in [1.807, 2.05) is 31.2 Å². The third kappa shape index (κ3) is 5.95. The van der Waals surface area contributed by atoms with Gasteiger partial charge in [-0.1, -0.05) is 127 Å². The van der Waals surface area contributed by atoms with Gasteiger partial charge in [-0.15, -0.1) is 0 Å². The standard InChI is InChI=1S/C48H43N3/c1-2-14-43-44-31-33(25-30-45(44)51(48(43)50)38-19-7-4-8-20-38)15-13-18-37(32-49)34-26-28-36(29-27-34)47-41-23-11-9-21-39(41)46(35-16-5-3-6-17-35)40-22-10-12-24-42(40)47/h2-9,12-14,16-21,24-32H,10-11,15,22-23,49-50H2,1H3/b14-2-,18-13-,37-32+. The largest absolute Gasteiger partial charge is 0.404 e. The third-order valence-electron chi connectivity index (χ3n) is 10.3. The van der Waals surface area contributed by atoms with Crippen molar-refractivity contribution in [3.8, 4) is 27.9 Å². The molecule has 0 atom stereocenters. The minimum Gasteiger partial charge on any atom is -0.404 e. The number of aromatic nitrogens is 1. The van der Waals surface area contributed by atoms with Crippen molar-refractivity contribution in [3.05, 3.63) is 179 Å². The van der Waals surface area contributed by atoms with Crippen LogP contribution in [0.5, 0.6) is 0 Å². The van der Waals surface area contributed by atoms with Crippen molar-refractivity contribution >= 4 is 40.5 Å². The van der Waals surface area contributed by atoms with E-state index in [0.29, 0.717) is 0 Å². The monoisotopic (exact) mass is 661 g/mol. The van der Waals surface area contributed by atoms with Crippen LogP contribution in [-0.4, -0.2) is 4.57 Å².